The summed E-state index contributed by atoms with van der Waals surface area (Å²) in [6, 6.07) is 4.65. The Hall–Kier alpha value is -0.880. The van der Waals surface area contributed by atoms with Crippen molar-refractivity contribution in [2.45, 2.75) is 18.6 Å². The van der Waals surface area contributed by atoms with E-state index in [1.807, 2.05) is 6.92 Å². The van der Waals surface area contributed by atoms with Crippen LogP contribution in [0.2, 0.25) is 0 Å². The van der Waals surface area contributed by atoms with Crippen molar-refractivity contribution in [3.8, 4) is 5.75 Å². The highest BCUT2D eigenvalue weighted by Crippen LogP contribution is 2.24. The van der Waals surface area contributed by atoms with Crippen molar-refractivity contribution < 1.29 is 14.1 Å². The van der Waals surface area contributed by atoms with E-state index < -0.39 is 10.8 Å². The number of halogens is 1. The molecular formula is C12H16BrNO3S. The Kier molecular flexibility index (Phi) is 5.81. The Balaban J connectivity index is 2.50. The predicted molar refractivity (Wildman–Crippen MR) is 76.3 cm³/mol. The number of carbonyl (C=O) groups excluding carboxylic acids is 1. The molecule has 18 heavy (non-hydrogen) atoms. The van der Waals surface area contributed by atoms with Gasteiger partial charge in [-0.3, -0.25) is 9.00 Å². The highest BCUT2D eigenvalue weighted by Gasteiger charge is 2.10. The number of benzene rings is 1. The van der Waals surface area contributed by atoms with Crippen molar-refractivity contribution in [1.29, 1.82) is 0 Å². The van der Waals surface area contributed by atoms with Crippen LogP contribution in [0.5, 0.6) is 5.75 Å². The molecule has 0 saturated carbocycles. The van der Waals surface area contributed by atoms with Crippen molar-refractivity contribution in [2.24, 2.45) is 0 Å². The molecule has 1 rings (SSSR count). The van der Waals surface area contributed by atoms with Crippen LogP contribution < -0.4 is 5.32 Å². The van der Waals surface area contributed by atoms with Crippen molar-refractivity contribution >= 4 is 32.6 Å². The topological polar surface area (TPSA) is 66.4 Å². The third kappa shape index (κ3) is 4.42. The molecule has 2 atom stereocenters. The fraction of sp³-hybridized carbons (Fsp3) is 0.417. The smallest absolute Gasteiger partial charge is 0.251 e. The van der Waals surface area contributed by atoms with Crippen molar-refractivity contribution in [3.05, 3.63) is 28.2 Å². The van der Waals surface area contributed by atoms with E-state index in [-0.39, 0.29) is 16.9 Å². The number of hydrogen-bond donors (Lipinski definition) is 2. The summed E-state index contributed by atoms with van der Waals surface area (Å²) in [5.41, 5.74) is 0.404. The van der Waals surface area contributed by atoms with E-state index >= 15 is 0 Å². The van der Waals surface area contributed by atoms with Crippen LogP contribution in [0, 0.1) is 0 Å². The normalized spacial score (nSPS) is 13.9. The zero-order chi connectivity index (χ0) is 13.7. The van der Waals surface area contributed by atoms with Crippen molar-refractivity contribution in [1.82, 2.24) is 5.32 Å². The first-order valence-electron chi connectivity index (χ1n) is 5.50. The molecule has 100 valence electrons. The second kappa shape index (κ2) is 6.89. The molecule has 0 saturated heterocycles. The third-order valence-electron chi connectivity index (χ3n) is 2.61. The predicted octanol–water partition coefficient (Wildman–Crippen LogP) is 2.04. The number of hydrogen-bond acceptors (Lipinski definition) is 3. The number of amides is 1. The molecule has 1 aromatic rings. The van der Waals surface area contributed by atoms with Gasteiger partial charge in [-0.1, -0.05) is 6.92 Å². The molecule has 1 amide bonds. The molecule has 0 bridgehead atoms. The number of nitrogens with one attached hydrogen (secondary N) is 1. The van der Waals surface area contributed by atoms with Crippen LogP contribution in [0.15, 0.2) is 22.7 Å². The summed E-state index contributed by atoms with van der Waals surface area (Å²) in [5, 5.41) is 12.3. The van der Waals surface area contributed by atoms with Gasteiger partial charge in [0.05, 0.1) is 4.47 Å². The lowest BCUT2D eigenvalue weighted by molar-refractivity contribution is 0.0953. The Morgan fingerprint density at radius 1 is 1.56 bits per heavy atom. The first-order chi connectivity index (χ1) is 8.41. The molecule has 0 heterocycles. The minimum absolute atomic E-state index is 0.0330. The standard InChI is InChI=1S/C12H16BrNO3S/c1-8(18(2)17)5-6-14-12(16)9-3-4-10(13)11(15)7-9/h3-4,7-8,15H,5-6H2,1-2H3,(H,14,16). The molecule has 0 spiro atoms. The van der Waals surface area contributed by atoms with Gasteiger partial charge in [-0.25, -0.2) is 0 Å². The number of phenolic OH excluding ortho intramolecular Hbond substituents is 1. The second-order valence-corrected chi connectivity index (χ2v) is 6.68. The first kappa shape index (κ1) is 15.2. The maximum atomic E-state index is 11.7. The van der Waals surface area contributed by atoms with E-state index in [4.69, 9.17) is 0 Å². The molecular weight excluding hydrogens is 318 g/mol. The summed E-state index contributed by atoms with van der Waals surface area (Å²) in [7, 11) is -0.874. The minimum Gasteiger partial charge on any atom is -0.507 e. The lowest BCUT2D eigenvalue weighted by atomic mass is 10.2. The summed E-state index contributed by atoms with van der Waals surface area (Å²) in [4.78, 5) is 11.7. The Morgan fingerprint density at radius 3 is 2.78 bits per heavy atom. The molecule has 6 heteroatoms. The first-order valence-corrected chi connectivity index (χ1v) is 7.92. The monoisotopic (exact) mass is 333 g/mol. The lowest BCUT2D eigenvalue weighted by Gasteiger charge is -2.09. The van der Waals surface area contributed by atoms with Crippen LogP contribution in [0.1, 0.15) is 23.7 Å². The zero-order valence-electron chi connectivity index (χ0n) is 10.3. The zero-order valence-corrected chi connectivity index (χ0v) is 12.7. The second-order valence-electron chi connectivity index (χ2n) is 4.02. The van der Waals surface area contributed by atoms with Crippen LogP contribution in [0.4, 0.5) is 0 Å². The summed E-state index contributed by atoms with van der Waals surface area (Å²) in [6.45, 7) is 2.35. The third-order valence-corrected chi connectivity index (χ3v) is 4.65. The molecule has 0 aliphatic heterocycles. The van der Waals surface area contributed by atoms with E-state index in [0.717, 1.165) is 0 Å². The van der Waals surface area contributed by atoms with E-state index in [0.29, 0.717) is 23.0 Å². The Bertz CT molecular complexity index is 465. The number of carbonyl (C=O) groups is 1. The van der Waals surface area contributed by atoms with Crippen LogP contribution in [-0.4, -0.2) is 33.3 Å². The van der Waals surface area contributed by atoms with E-state index in [1.54, 1.807) is 18.4 Å². The molecule has 0 aliphatic carbocycles. The largest absolute Gasteiger partial charge is 0.507 e. The molecule has 0 radical (unpaired) electrons. The molecule has 1 aromatic carbocycles. The maximum absolute atomic E-state index is 11.7. The van der Waals surface area contributed by atoms with Gasteiger partial charge in [0.25, 0.3) is 5.91 Å². The van der Waals surface area contributed by atoms with Gasteiger partial charge in [-0.2, -0.15) is 0 Å². The maximum Gasteiger partial charge on any atom is 0.251 e. The molecule has 2 N–H and O–H groups in total. The van der Waals surface area contributed by atoms with Crippen molar-refractivity contribution in [3.63, 3.8) is 0 Å². The van der Waals surface area contributed by atoms with Gasteiger partial charge >= 0.3 is 0 Å². The van der Waals surface area contributed by atoms with Gasteiger partial charge in [0.2, 0.25) is 0 Å². The highest BCUT2D eigenvalue weighted by atomic mass is 79.9. The van der Waals surface area contributed by atoms with Gasteiger partial charge in [-0.05, 0) is 40.5 Å². The SMILES string of the molecule is CC(CCNC(=O)c1ccc(Br)c(O)c1)S(C)=O. The van der Waals surface area contributed by atoms with Gasteiger partial charge in [-0.15, -0.1) is 0 Å². The van der Waals surface area contributed by atoms with Crippen LogP contribution in [-0.2, 0) is 10.8 Å². The average molecular weight is 334 g/mol. The van der Waals surface area contributed by atoms with Gasteiger partial charge < -0.3 is 10.4 Å². The summed E-state index contributed by atoms with van der Waals surface area (Å²) in [6.07, 6.45) is 2.32. The lowest BCUT2D eigenvalue weighted by Crippen LogP contribution is -2.27. The summed E-state index contributed by atoms with van der Waals surface area (Å²) in [5.74, 6) is -0.211. The molecule has 4 nitrogen and oxygen atoms in total. The molecule has 0 fully saturated rings. The number of phenols is 1. The number of rotatable bonds is 5. The Morgan fingerprint density at radius 2 is 2.22 bits per heavy atom. The number of aromatic hydroxyl groups is 1. The van der Waals surface area contributed by atoms with E-state index in [1.165, 1.54) is 6.07 Å². The Labute approximate surface area is 117 Å². The van der Waals surface area contributed by atoms with Gasteiger partial charge in [0.1, 0.15) is 5.75 Å². The van der Waals surface area contributed by atoms with E-state index in [9.17, 15) is 14.1 Å². The highest BCUT2D eigenvalue weighted by molar-refractivity contribution is 9.10. The quantitative estimate of drug-likeness (QED) is 0.866. The van der Waals surface area contributed by atoms with Crippen LogP contribution in [0.3, 0.4) is 0 Å². The minimum atomic E-state index is -0.874. The van der Waals surface area contributed by atoms with Gasteiger partial charge in [0.15, 0.2) is 0 Å². The fourth-order valence-electron chi connectivity index (χ4n) is 1.31. The average Bonchev–Trinajstić information content (AvgIpc) is 2.32. The molecule has 2 unspecified atom stereocenters. The summed E-state index contributed by atoms with van der Waals surface area (Å²) >= 11 is 3.15. The van der Waals surface area contributed by atoms with Crippen LogP contribution in [0.25, 0.3) is 0 Å². The fourth-order valence-corrected chi connectivity index (χ4v) is 2.01. The molecule has 0 aliphatic rings. The van der Waals surface area contributed by atoms with E-state index in [2.05, 4.69) is 21.2 Å². The van der Waals surface area contributed by atoms with Crippen LogP contribution >= 0.6 is 15.9 Å². The summed E-state index contributed by atoms with van der Waals surface area (Å²) < 4.78 is 11.7. The van der Waals surface area contributed by atoms with Crippen molar-refractivity contribution in [2.75, 3.05) is 12.8 Å². The molecule has 0 aromatic heterocycles. The van der Waals surface area contributed by atoms with Gasteiger partial charge in [0, 0.05) is 34.4 Å².